The van der Waals surface area contributed by atoms with Crippen LogP contribution in [0.1, 0.15) is 33.6 Å². The molecule has 1 aliphatic rings. The van der Waals surface area contributed by atoms with Gasteiger partial charge >= 0.3 is 12.1 Å². The molecule has 104 valence electrons. The van der Waals surface area contributed by atoms with Crippen LogP contribution in [0, 0.1) is 5.92 Å². The van der Waals surface area contributed by atoms with Gasteiger partial charge in [-0.05, 0) is 27.2 Å². The summed E-state index contributed by atoms with van der Waals surface area (Å²) in [4.78, 5) is 22.2. The van der Waals surface area contributed by atoms with Crippen molar-refractivity contribution in [2.45, 2.75) is 51.2 Å². The second-order valence-electron chi connectivity index (χ2n) is 5.43. The molecule has 5 nitrogen and oxygen atoms in total. The number of carbonyl (C=O) groups is 2. The number of rotatable bonds is 4. The van der Waals surface area contributed by atoms with Crippen LogP contribution < -0.4 is 5.32 Å². The molecular formula is C11H17F2NO4. The first-order chi connectivity index (χ1) is 8.01. The molecule has 1 saturated carbocycles. The summed E-state index contributed by atoms with van der Waals surface area (Å²) in [5.41, 5.74) is -0.767. The Labute approximate surface area is 103 Å². The zero-order valence-electron chi connectivity index (χ0n) is 10.5. The minimum absolute atomic E-state index is 0.290. The Morgan fingerprint density at radius 1 is 1.50 bits per heavy atom. The van der Waals surface area contributed by atoms with Crippen molar-refractivity contribution in [2.24, 2.45) is 5.92 Å². The molecule has 1 amide bonds. The highest BCUT2D eigenvalue weighted by atomic mass is 19.3. The van der Waals surface area contributed by atoms with Crippen molar-refractivity contribution in [3.8, 4) is 0 Å². The number of carboxylic acids is 1. The van der Waals surface area contributed by atoms with Crippen LogP contribution in [0.15, 0.2) is 0 Å². The predicted molar refractivity (Wildman–Crippen MR) is 58.5 cm³/mol. The quantitative estimate of drug-likeness (QED) is 0.815. The molecule has 2 N–H and O–H groups in total. The van der Waals surface area contributed by atoms with Crippen molar-refractivity contribution in [3.63, 3.8) is 0 Å². The summed E-state index contributed by atoms with van der Waals surface area (Å²) in [7, 11) is 0. The van der Waals surface area contributed by atoms with Gasteiger partial charge in [0, 0.05) is 12.3 Å². The Bertz CT molecular complexity index is 351. The third kappa shape index (κ3) is 4.46. The number of aliphatic carboxylic acids is 1. The molecule has 0 bridgehead atoms. The minimum atomic E-state index is -2.80. The Hall–Kier alpha value is -1.40. The molecule has 7 heteroatoms. The van der Waals surface area contributed by atoms with Gasteiger partial charge in [-0.3, -0.25) is 0 Å². The van der Waals surface area contributed by atoms with E-state index < -0.39 is 35.5 Å². The third-order valence-corrected chi connectivity index (χ3v) is 2.46. The van der Waals surface area contributed by atoms with E-state index in [0.29, 0.717) is 0 Å². The summed E-state index contributed by atoms with van der Waals surface area (Å²) in [6, 6.07) is -1.35. The zero-order valence-corrected chi connectivity index (χ0v) is 10.5. The highest BCUT2D eigenvalue weighted by Crippen LogP contribution is 2.51. The van der Waals surface area contributed by atoms with E-state index in [2.05, 4.69) is 5.32 Å². The van der Waals surface area contributed by atoms with Gasteiger partial charge in [-0.15, -0.1) is 0 Å². The van der Waals surface area contributed by atoms with Crippen LogP contribution in [0.2, 0.25) is 0 Å². The normalized spacial score (nSPS) is 23.1. The van der Waals surface area contributed by atoms with Gasteiger partial charge in [-0.25, -0.2) is 18.4 Å². The van der Waals surface area contributed by atoms with Crippen molar-refractivity contribution < 1.29 is 28.2 Å². The summed E-state index contributed by atoms with van der Waals surface area (Å²) in [5, 5.41) is 10.9. The summed E-state index contributed by atoms with van der Waals surface area (Å²) in [6.07, 6.45) is -1.53. The maximum atomic E-state index is 12.7. The minimum Gasteiger partial charge on any atom is -0.480 e. The SMILES string of the molecule is CC(C)(C)OC(=O)N[C@@H](CC1CC1(F)F)C(=O)O. The fourth-order valence-corrected chi connectivity index (χ4v) is 1.48. The summed E-state index contributed by atoms with van der Waals surface area (Å²) < 4.78 is 30.3. The predicted octanol–water partition coefficient (Wildman–Crippen LogP) is 2.01. The van der Waals surface area contributed by atoms with Crippen molar-refractivity contribution in [2.75, 3.05) is 0 Å². The molecule has 1 rings (SSSR count). The van der Waals surface area contributed by atoms with Gasteiger partial charge in [0.2, 0.25) is 0 Å². The van der Waals surface area contributed by atoms with Crippen molar-refractivity contribution in [1.82, 2.24) is 5.32 Å². The van der Waals surface area contributed by atoms with Gasteiger partial charge in [0.15, 0.2) is 0 Å². The first kappa shape index (κ1) is 14.7. The monoisotopic (exact) mass is 265 g/mol. The van der Waals surface area contributed by atoms with Gasteiger partial charge in [0.25, 0.3) is 5.92 Å². The maximum absolute atomic E-state index is 12.7. The molecule has 1 fully saturated rings. The number of alkyl halides is 2. The van der Waals surface area contributed by atoms with E-state index in [-0.39, 0.29) is 12.8 Å². The molecule has 0 spiro atoms. The Balaban J connectivity index is 2.49. The number of halogens is 2. The lowest BCUT2D eigenvalue weighted by molar-refractivity contribution is -0.139. The molecule has 0 aliphatic heterocycles. The summed E-state index contributed by atoms with van der Waals surface area (Å²) >= 11 is 0. The molecule has 1 aliphatic carbocycles. The topological polar surface area (TPSA) is 75.6 Å². The number of carbonyl (C=O) groups excluding carboxylic acids is 1. The molecule has 0 saturated heterocycles. The molecular weight excluding hydrogens is 248 g/mol. The van der Waals surface area contributed by atoms with E-state index in [1.54, 1.807) is 20.8 Å². The summed E-state index contributed by atoms with van der Waals surface area (Å²) in [6.45, 7) is 4.87. The average Bonchev–Trinajstić information content (AvgIpc) is 2.68. The van der Waals surface area contributed by atoms with Gasteiger partial charge in [-0.1, -0.05) is 0 Å². The Morgan fingerprint density at radius 2 is 2.00 bits per heavy atom. The van der Waals surface area contributed by atoms with E-state index >= 15 is 0 Å². The van der Waals surface area contributed by atoms with Crippen LogP contribution in [-0.2, 0) is 9.53 Å². The van der Waals surface area contributed by atoms with E-state index in [9.17, 15) is 18.4 Å². The van der Waals surface area contributed by atoms with E-state index in [0.717, 1.165) is 0 Å². The van der Waals surface area contributed by atoms with Crippen LogP contribution in [0.5, 0.6) is 0 Å². The van der Waals surface area contributed by atoms with E-state index in [4.69, 9.17) is 9.84 Å². The standard InChI is InChI=1S/C11H17F2NO4/c1-10(2,3)18-9(17)14-7(8(15)16)4-6-5-11(6,12)13/h6-7H,4-5H2,1-3H3,(H,14,17)(H,15,16)/t6?,7-/m0/s1. The van der Waals surface area contributed by atoms with E-state index in [1.807, 2.05) is 0 Å². The molecule has 1 unspecified atom stereocenters. The molecule has 0 heterocycles. The second kappa shape index (κ2) is 4.70. The lowest BCUT2D eigenvalue weighted by atomic mass is 10.1. The maximum Gasteiger partial charge on any atom is 0.408 e. The number of nitrogens with one attached hydrogen (secondary N) is 1. The summed E-state index contributed by atoms with van der Waals surface area (Å²) in [5.74, 6) is -5.12. The average molecular weight is 265 g/mol. The van der Waals surface area contributed by atoms with Gasteiger partial charge in [0.05, 0.1) is 0 Å². The molecule has 18 heavy (non-hydrogen) atoms. The second-order valence-corrected chi connectivity index (χ2v) is 5.43. The highest BCUT2D eigenvalue weighted by molar-refractivity contribution is 5.80. The van der Waals surface area contributed by atoms with Gasteiger partial charge in [0.1, 0.15) is 11.6 Å². The van der Waals surface area contributed by atoms with Crippen molar-refractivity contribution in [1.29, 1.82) is 0 Å². The first-order valence-corrected chi connectivity index (χ1v) is 5.61. The number of ether oxygens (including phenoxy) is 1. The number of alkyl carbamates (subject to hydrolysis) is 1. The van der Waals surface area contributed by atoms with Crippen molar-refractivity contribution in [3.05, 3.63) is 0 Å². The van der Waals surface area contributed by atoms with Crippen molar-refractivity contribution >= 4 is 12.1 Å². The van der Waals surface area contributed by atoms with Gasteiger partial charge < -0.3 is 15.2 Å². The molecule has 0 aromatic rings. The number of amides is 1. The lowest BCUT2D eigenvalue weighted by Gasteiger charge is -2.21. The fourth-order valence-electron chi connectivity index (χ4n) is 1.48. The lowest BCUT2D eigenvalue weighted by Crippen LogP contribution is -2.43. The Kier molecular flexibility index (Phi) is 3.83. The third-order valence-electron chi connectivity index (χ3n) is 2.46. The number of carboxylic acid groups (broad SMARTS) is 1. The first-order valence-electron chi connectivity index (χ1n) is 5.61. The zero-order chi connectivity index (χ0) is 14.1. The molecule has 0 aromatic heterocycles. The highest BCUT2D eigenvalue weighted by Gasteiger charge is 2.57. The van der Waals surface area contributed by atoms with E-state index in [1.165, 1.54) is 0 Å². The smallest absolute Gasteiger partial charge is 0.408 e. The number of hydrogen-bond donors (Lipinski definition) is 2. The molecule has 0 aromatic carbocycles. The Morgan fingerprint density at radius 3 is 2.33 bits per heavy atom. The molecule has 2 atom stereocenters. The van der Waals surface area contributed by atoms with Gasteiger partial charge in [-0.2, -0.15) is 0 Å². The molecule has 0 radical (unpaired) electrons. The largest absolute Gasteiger partial charge is 0.480 e. The van der Waals surface area contributed by atoms with Crippen LogP contribution in [0.3, 0.4) is 0 Å². The van der Waals surface area contributed by atoms with Crippen LogP contribution in [-0.4, -0.2) is 34.7 Å². The fraction of sp³-hybridized carbons (Fsp3) is 0.818. The van der Waals surface area contributed by atoms with Crippen LogP contribution >= 0.6 is 0 Å². The van der Waals surface area contributed by atoms with Crippen LogP contribution in [0.4, 0.5) is 13.6 Å². The van der Waals surface area contributed by atoms with Crippen LogP contribution in [0.25, 0.3) is 0 Å². The number of hydrogen-bond acceptors (Lipinski definition) is 3.